The maximum absolute atomic E-state index is 9.52. The maximum Gasteiger partial charge on any atom is 0.149 e. The lowest BCUT2D eigenvalue weighted by Crippen LogP contribution is -1.94. The molecule has 1 N–H and O–H groups in total. The molecule has 0 aliphatic carbocycles. The van der Waals surface area contributed by atoms with Crippen molar-refractivity contribution >= 4 is 22.7 Å². The molecule has 0 aliphatic heterocycles. The van der Waals surface area contributed by atoms with Crippen molar-refractivity contribution in [3.63, 3.8) is 0 Å². The lowest BCUT2D eigenvalue weighted by atomic mass is 10.1. The van der Waals surface area contributed by atoms with Gasteiger partial charge in [0.1, 0.15) is 17.6 Å². The number of allylic oxidation sites excluding steroid dienone is 1. The fourth-order valence-electron chi connectivity index (χ4n) is 2.45. The first kappa shape index (κ1) is 14.9. The van der Waals surface area contributed by atoms with Gasteiger partial charge < -0.3 is 9.72 Å². The van der Waals surface area contributed by atoms with Crippen molar-refractivity contribution in [1.82, 2.24) is 9.97 Å². The minimum atomic E-state index is 0.478. The summed E-state index contributed by atoms with van der Waals surface area (Å²) < 4.78 is 5.61. The molecular formula is C19H17N3O. The number of ether oxygens (including phenoxy) is 1. The first-order valence-corrected chi connectivity index (χ1v) is 7.51. The van der Waals surface area contributed by atoms with Crippen molar-refractivity contribution in [3.8, 4) is 11.8 Å². The Morgan fingerprint density at radius 1 is 1.30 bits per heavy atom. The average Bonchev–Trinajstić information content (AvgIpc) is 2.97. The second-order valence-corrected chi connectivity index (χ2v) is 5.25. The number of nitrogens with one attached hydrogen (secondary N) is 1. The molecule has 0 saturated carbocycles. The van der Waals surface area contributed by atoms with E-state index in [4.69, 9.17) is 4.74 Å². The molecule has 0 saturated heterocycles. The zero-order chi connectivity index (χ0) is 16.2. The topological polar surface area (TPSA) is 61.7 Å². The molecule has 0 atom stereocenters. The van der Waals surface area contributed by atoms with Gasteiger partial charge in [0, 0.05) is 5.56 Å². The summed E-state index contributed by atoms with van der Waals surface area (Å²) in [6, 6.07) is 15.9. The lowest BCUT2D eigenvalue weighted by Gasteiger charge is -2.06. The van der Waals surface area contributed by atoms with Gasteiger partial charge in [-0.2, -0.15) is 5.26 Å². The van der Waals surface area contributed by atoms with Crippen LogP contribution in [0.3, 0.4) is 0 Å². The highest BCUT2D eigenvalue weighted by Crippen LogP contribution is 2.25. The highest BCUT2D eigenvalue weighted by atomic mass is 16.5. The Bertz CT molecular complexity index is 916. The van der Waals surface area contributed by atoms with Crippen LogP contribution in [0.4, 0.5) is 0 Å². The molecule has 23 heavy (non-hydrogen) atoms. The van der Waals surface area contributed by atoms with E-state index in [0.29, 0.717) is 18.0 Å². The number of benzene rings is 2. The predicted molar refractivity (Wildman–Crippen MR) is 91.9 cm³/mol. The molecule has 0 aliphatic rings. The van der Waals surface area contributed by atoms with E-state index in [1.54, 1.807) is 6.08 Å². The van der Waals surface area contributed by atoms with Crippen LogP contribution in [0.1, 0.15) is 23.9 Å². The quantitative estimate of drug-likeness (QED) is 0.729. The van der Waals surface area contributed by atoms with Crippen LogP contribution in [0, 0.1) is 18.3 Å². The number of hydrogen-bond donors (Lipinski definition) is 1. The molecule has 1 heterocycles. The number of fused-ring (bicyclic) bond motifs is 1. The van der Waals surface area contributed by atoms with Crippen LogP contribution in [-0.4, -0.2) is 16.6 Å². The Morgan fingerprint density at radius 3 is 2.91 bits per heavy atom. The minimum absolute atomic E-state index is 0.478. The van der Waals surface area contributed by atoms with Gasteiger partial charge in [-0.3, -0.25) is 0 Å². The van der Waals surface area contributed by atoms with Gasteiger partial charge in [-0.1, -0.05) is 24.3 Å². The highest BCUT2D eigenvalue weighted by molar-refractivity contribution is 5.91. The smallest absolute Gasteiger partial charge is 0.149 e. The summed E-state index contributed by atoms with van der Waals surface area (Å²) in [5.74, 6) is 1.33. The van der Waals surface area contributed by atoms with Gasteiger partial charge in [0.05, 0.1) is 23.2 Å². The summed E-state index contributed by atoms with van der Waals surface area (Å²) in [6.07, 6.45) is 1.80. The number of nitriles is 1. The summed E-state index contributed by atoms with van der Waals surface area (Å²) in [5, 5.41) is 9.52. The zero-order valence-electron chi connectivity index (χ0n) is 13.1. The third kappa shape index (κ3) is 3.09. The average molecular weight is 303 g/mol. The Morgan fingerprint density at radius 2 is 2.13 bits per heavy atom. The SMILES string of the molecule is CCOc1ccccc1/C=C(\C#N)c1nc2ccc(C)cc2[nH]1. The summed E-state index contributed by atoms with van der Waals surface area (Å²) >= 11 is 0. The molecule has 3 rings (SSSR count). The normalized spacial score (nSPS) is 11.4. The molecule has 0 bridgehead atoms. The molecular weight excluding hydrogens is 286 g/mol. The molecule has 0 unspecified atom stereocenters. The van der Waals surface area contributed by atoms with Gasteiger partial charge >= 0.3 is 0 Å². The zero-order valence-corrected chi connectivity index (χ0v) is 13.1. The van der Waals surface area contributed by atoms with Gasteiger partial charge in [0.15, 0.2) is 0 Å². The van der Waals surface area contributed by atoms with Crippen molar-refractivity contribution < 1.29 is 4.74 Å². The second kappa shape index (κ2) is 6.37. The van der Waals surface area contributed by atoms with Crippen molar-refractivity contribution in [2.45, 2.75) is 13.8 Å². The Labute approximate surface area is 135 Å². The molecule has 0 spiro atoms. The van der Waals surface area contributed by atoms with E-state index in [1.807, 2.05) is 56.3 Å². The molecule has 3 aromatic rings. The first-order chi connectivity index (χ1) is 11.2. The van der Waals surface area contributed by atoms with E-state index < -0.39 is 0 Å². The van der Waals surface area contributed by atoms with Crippen LogP contribution in [0.25, 0.3) is 22.7 Å². The fourth-order valence-corrected chi connectivity index (χ4v) is 2.45. The van der Waals surface area contributed by atoms with Crippen molar-refractivity contribution in [1.29, 1.82) is 5.26 Å². The Kier molecular flexibility index (Phi) is 4.11. The van der Waals surface area contributed by atoms with Gasteiger partial charge in [-0.05, 0) is 43.7 Å². The van der Waals surface area contributed by atoms with E-state index in [2.05, 4.69) is 16.0 Å². The number of H-pyrrole nitrogens is 1. The summed E-state index contributed by atoms with van der Waals surface area (Å²) in [7, 11) is 0. The monoisotopic (exact) mass is 303 g/mol. The van der Waals surface area contributed by atoms with Crippen LogP contribution < -0.4 is 4.74 Å². The third-order valence-electron chi connectivity index (χ3n) is 3.53. The van der Waals surface area contributed by atoms with Crippen molar-refractivity contribution in [3.05, 3.63) is 59.4 Å². The van der Waals surface area contributed by atoms with Gasteiger partial charge in [-0.15, -0.1) is 0 Å². The number of aromatic amines is 1. The first-order valence-electron chi connectivity index (χ1n) is 7.51. The van der Waals surface area contributed by atoms with Crippen LogP contribution in [0.5, 0.6) is 5.75 Å². The standard InChI is InChI=1S/C19H17N3O/c1-3-23-18-7-5-4-6-14(18)11-15(12-20)19-21-16-9-8-13(2)10-17(16)22-19/h4-11H,3H2,1-2H3,(H,21,22)/b15-11+. The highest BCUT2D eigenvalue weighted by Gasteiger charge is 2.09. The van der Waals surface area contributed by atoms with E-state index in [0.717, 1.165) is 27.9 Å². The summed E-state index contributed by atoms with van der Waals surface area (Å²) in [5.41, 5.74) is 4.27. The Balaban J connectivity index is 2.06. The minimum Gasteiger partial charge on any atom is -0.493 e. The maximum atomic E-state index is 9.52. The molecule has 0 fully saturated rings. The van der Waals surface area contributed by atoms with Crippen molar-refractivity contribution in [2.75, 3.05) is 6.61 Å². The third-order valence-corrected chi connectivity index (χ3v) is 3.53. The summed E-state index contributed by atoms with van der Waals surface area (Å²) in [4.78, 5) is 7.73. The van der Waals surface area contributed by atoms with E-state index in [-0.39, 0.29) is 0 Å². The molecule has 0 radical (unpaired) electrons. The van der Waals surface area contributed by atoms with E-state index in [1.165, 1.54) is 0 Å². The second-order valence-electron chi connectivity index (χ2n) is 5.25. The van der Waals surface area contributed by atoms with Crippen LogP contribution >= 0.6 is 0 Å². The van der Waals surface area contributed by atoms with Crippen molar-refractivity contribution in [2.24, 2.45) is 0 Å². The fraction of sp³-hybridized carbons (Fsp3) is 0.158. The molecule has 0 amide bonds. The van der Waals surface area contributed by atoms with Crippen LogP contribution in [0.15, 0.2) is 42.5 Å². The number of aromatic nitrogens is 2. The van der Waals surface area contributed by atoms with Gasteiger partial charge in [-0.25, -0.2) is 4.98 Å². The molecule has 2 aromatic carbocycles. The molecule has 1 aromatic heterocycles. The Hall–Kier alpha value is -3.06. The number of para-hydroxylation sites is 1. The number of imidazole rings is 1. The van der Waals surface area contributed by atoms with Crippen LogP contribution in [-0.2, 0) is 0 Å². The lowest BCUT2D eigenvalue weighted by molar-refractivity contribution is 0.339. The largest absolute Gasteiger partial charge is 0.493 e. The number of hydrogen-bond acceptors (Lipinski definition) is 3. The number of nitrogens with zero attached hydrogens (tertiary/aromatic N) is 2. The van der Waals surface area contributed by atoms with Crippen LogP contribution in [0.2, 0.25) is 0 Å². The molecule has 4 nitrogen and oxygen atoms in total. The molecule has 114 valence electrons. The number of rotatable bonds is 4. The molecule has 4 heteroatoms. The number of aryl methyl sites for hydroxylation is 1. The van der Waals surface area contributed by atoms with Gasteiger partial charge in [0.2, 0.25) is 0 Å². The van der Waals surface area contributed by atoms with Gasteiger partial charge in [0.25, 0.3) is 0 Å². The van der Waals surface area contributed by atoms with E-state index >= 15 is 0 Å². The summed E-state index contributed by atoms with van der Waals surface area (Å²) in [6.45, 7) is 4.54. The van der Waals surface area contributed by atoms with E-state index in [9.17, 15) is 5.26 Å². The predicted octanol–water partition coefficient (Wildman–Crippen LogP) is 4.33.